The van der Waals surface area contributed by atoms with Crippen molar-refractivity contribution in [3.63, 3.8) is 0 Å². The van der Waals surface area contributed by atoms with Gasteiger partial charge in [0.15, 0.2) is 0 Å². The molecular formula is C13H19BFNO2S. The van der Waals surface area contributed by atoms with Crippen molar-refractivity contribution in [2.45, 2.75) is 25.1 Å². The number of thioether (sulfide) groups is 1. The lowest BCUT2D eigenvalue weighted by Crippen LogP contribution is -2.42. The van der Waals surface area contributed by atoms with Crippen LogP contribution in [0, 0.1) is 5.82 Å². The van der Waals surface area contributed by atoms with Gasteiger partial charge in [-0.1, -0.05) is 6.07 Å². The second kappa shape index (κ2) is 5.83. The molecule has 0 amide bonds. The van der Waals surface area contributed by atoms with E-state index in [0.717, 1.165) is 30.5 Å². The number of nitrogens with zero attached hydrogens (tertiary/aromatic N) is 1. The van der Waals surface area contributed by atoms with E-state index in [-0.39, 0.29) is 10.2 Å². The molecule has 0 aromatic heterocycles. The summed E-state index contributed by atoms with van der Waals surface area (Å²) in [6.07, 6.45) is 0. The maximum Gasteiger partial charge on any atom is 0.488 e. The quantitative estimate of drug-likeness (QED) is 0.807. The Morgan fingerprint density at radius 3 is 2.74 bits per heavy atom. The van der Waals surface area contributed by atoms with Crippen molar-refractivity contribution in [3.8, 4) is 0 Å². The molecule has 1 aromatic carbocycles. The molecule has 1 aliphatic rings. The fraction of sp³-hybridized carbons (Fsp3) is 0.538. The SMILES string of the molecule is CC1(C)CN(Cc2cc(F)cc(B(O)O)c2)CCS1. The van der Waals surface area contributed by atoms with Crippen LogP contribution in [0.5, 0.6) is 0 Å². The molecule has 1 saturated heterocycles. The van der Waals surface area contributed by atoms with Crippen LogP contribution in [0.4, 0.5) is 4.39 Å². The minimum Gasteiger partial charge on any atom is -0.423 e. The molecule has 1 aromatic rings. The van der Waals surface area contributed by atoms with Gasteiger partial charge in [-0.15, -0.1) is 0 Å². The molecule has 1 aliphatic heterocycles. The summed E-state index contributed by atoms with van der Waals surface area (Å²) in [6.45, 7) is 6.98. The van der Waals surface area contributed by atoms with Crippen LogP contribution in [0.3, 0.4) is 0 Å². The summed E-state index contributed by atoms with van der Waals surface area (Å²) in [7, 11) is -1.62. The van der Waals surface area contributed by atoms with Crippen LogP contribution in [0.2, 0.25) is 0 Å². The summed E-state index contributed by atoms with van der Waals surface area (Å²) in [5.74, 6) is 0.642. The highest BCUT2D eigenvalue weighted by Crippen LogP contribution is 2.30. The predicted molar refractivity (Wildman–Crippen MR) is 78.0 cm³/mol. The fourth-order valence-corrected chi connectivity index (χ4v) is 3.60. The molecule has 0 atom stereocenters. The third-order valence-electron chi connectivity index (χ3n) is 3.19. The summed E-state index contributed by atoms with van der Waals surface area (Å²) in [4.78, 5) is 2.28. The lowest BCUT2D eigenvalue weighted by atomic mass is 9.79. The molecule has 19 heavy (non-hydrogen) atoms. The Morgan fingerprint density at radius 1 is 1.37 bits per heavy atom. The Morgan fingerprint density at radius 2 is 2.11 bits per heavy atom. The van der Waals surface area contributed by atoms with Gasteiger partial charge in [0, 0.05) is 30.1 Å². The van der Waals surface area contributed by atoms with Crippen molar-refractivity contribution in [1.82, 2.24) is 4.90 Å². The molecule has 3 nitrogen and oxygen atoms in total. The van der Waals surface area contributed by atoms with Gasteiger partial charge in [-0.05, 0) is 37.0 Å². The van der Waals surface area contributed by atoms with Gasteiger partial charge >= 0.3 is 7.12 Å². The summed E-state index contributed by atoms with van der Waals surface area (Å²) >= 11 is 1.95. The molecule has 0 radical (unpaired) electrons. The first kappa shape index (κ1) is 14.8. The second-order valence-electron chi connectivity index (χ2n) is 5.59. The lowest BCUT2D eigenvalue weighted by molar-refractivity contribution is 0.252. The van der Waals surface area contributed by atoms with Crippen molar-refractivity contribution in [3.05, 3.63) is 29.6 Å². The van der Waals surface area contributed by atoms with Crippen LogP contribution in [-0.2, 0) is 6.54 Å². The Kier molecular flexibility index (Phi) is 4.56. The first-order chi connectivity index (χ1) is 8.85. The van der Waals surface area contributed by atoms with Crippen LogP contribution in [-0.4, -0.2) is 45.7 Å². The molecule has 1 heterocycles. The monoisotopic (exact) mass is 283 g/mol. The number of hydrogen-bond donors (Lipinski definition) is 2. The third kappa shape index (κ3) is 4.21. The lowest BCUT2D eigenvalue weighted by Gasteiger charge is -2.37. The van der Waals surface area contributed by atoms with E-state index in [1.807, 2.05) is 11.8 Å². The van der Waals surface area contributed by atoms with Crippen LogP contribution in [0.15, 0.2) is 18.2 Å². The molecule has 104 valence electrons. The molecule has 2 N–H and O–H groups in total. The zero-order valence-corrected chi connectivity index (χ0v) is 12.1. The maximum atomic E-state index is 13.4. The molecule has 0 bridgehead atoms. The number of halogens is 1. The minimum atomic E-state index is -1.62. The fourth-order valence-electron chi connectivity index (χ4n) is 2.42. The van der Waals surface area contributed by atoms with Gasteiger partial charge in [0.25, 0.3) is 0 Å². The highest BCUT2D eigenvalue weighted by Gasteiger charge is 2.27. The van der Waals surface area contributed by atoms with Gasteiger partial charge in [0.05, 0.1) is 0 Å². The Balaban J connectivity index is 2.10. The molecule has 1 fully saturated rings. The van der Waals surface area contributed by atoms with E-state index in [2.05, 4.69) is 18.7 Å². The Hall–Kier alpha value is -0.555. The highest BCUT2D eigenvalue weighted by molar-refractivity contribution is 8.00. The van der Waals surface area contributed by atoms with E-state index in [4.69, 9.17) is 10.0 Å². The minimum absolute atomic E-state index is 0.209. The molecule has 0 saturated carbocycles. The van der Waals surface area contributed by atoms with Crippen LogP contribution < -0.4 is 5.46 Å². The van der Waals surface area contributed by atoms with Crippen molar-refractivity contribution >= 4 is 24.3 Å². The summed E-state index contributed by atoms with van der Waals surface area (Å²) in [5.41, 5.74) is 0.992. The molecule has 0 spiro atoms. The van der Waals surface area contributed by atoms with Gasteiger partial charge in [-0.3, -0.25) is 4.90 Å². The predicted octanol–water partition coefficient (Wildman–Crippen LogP) is 0.833. The first-order valence-electron chi connectivity index (χ1n) is 6.37. The van der Waals surface area contributed by atoms with E-state index >= 15 is 0 Å². The largest absolute Gasteiger partial charge is 0.488 e. The first-order valence-corrected chi connectivity index (χ1v) is 7.36. The van der Waals surface area contributed by atoms with Crippen molar-refractivity contribution in [2.75, 3.05) is 18.8 Å². The Bertz CT molecular complexity index is 456. The van der Waals surface area contributed by atoms with Gasteiger partial charge in [0.1, 0.15) is 5.82 Å². The van der Waals surface area contributed by atoms with Gasteiger partial charge < -0.3 is 10.0 Å². The number of benzene rings is 1. The average Bonchev–Trinajstić information content (AvgIpc) is 2.26. The van der Waals surface area contributed by atoms with E-state index in [1.54, 1.807) is 6.07 Å². The van der Waals surface area contributed by atoms with E-state index in [9.17, 15) is 4.39 Å². The molecule has 0 unspecified atom stereocenters. The van der Waals surface area contributed by atoms with Crippen LogP contribution in [0.25, 0.3) is 0 Å². The smallest absolute Gasteiger partial charge is 0.423 e. The van der Waals surface area contributed by atoms with E-state index in [1.165, 1.54) is 6.07 Å². The van der Waals surface area contributed by atoms with Crippen molar-refractivity contribution in [2.24, 2.45) is 0 Å². The van der Waals surface area contributed by atoms with Crippen molar-refractivity contribution in [1.29, 1.82) is 0 Å². The average molecular weight is 283 g/mol. The highest BCUT2D eigenvalue weighted by atomic mass is 32.2. The zero-order chi connectivity index (χ0) is 14.0. The van der Waals surface area contributed by atoms with Crippen LogP contribution >= 0.6 is 11.8 Å². The Labute approximate surface area is 118 Å². The molecule has 6 heteroatoms. The number of rotatable bonds is 3. The molecule has 0 aliphatic carbocycles. The maximum absolute atomic E-state index is 13.4. The third-order valence-corrected chi connectivity index (χ3v) is 4.49. The summed E-state index contributed by atoms with van der Waals surface area (Å²) in [5, 5.41) is 18.3. The van der Waals surface area contributed by atoms with Gasteiger partial charge in [-0.25, -0.2) is 4.39 Å². The summed E-state index contributed by atoms with van der Waals surface area (Å²) in [6, 6.07) is 4.27. The summed E-state index contributed by atoms with van der Waals surface area (Å²) < 4.78 is 13.7. The topological polar surface area (TPSA) is 43.7 Å². The normalized spacial score (nSPS) is 19.4. The zero-order valence-electron chi connectivity index (χ0n) is 11.3. The molecule has 2 rings (SSSR count). The standard InChI is InChI=1S/C13H19BFNO2S/c1-13(2)9-16(3-4-19-13)8-10-5-11(14(17)18)7-12(15)6-10/h5-7,17-18H,3-4,8-9H2,1-2H3. The van der Waals surface area contributed by atoms with Gasteiger partial charge in [0.2, 0.25) is 0 Å². The molecular weight excluding hydrogens is 264 g/mol. The van der Waals surface area contributed by atoms with E-state index in [0.29, 0.717) is 6.54 Å². The second-order valence-corrected chi connectivity index (χ2v) is 7.39. The van der Waals surface area contributed by atoms with Crippen LogP contribution in [0.1, 0.15) is 19.4 Å². The number of hydrogen-bond acceptors (Lipinski definition) is 4. The van der Waals surface area contributed by atoms with E-state index < -0.39 is 12.9 Å². The van der Waals surface area contributed by atoms with Crippen molar-refractivity contribution < 1.29 is 14.4 Å². The van der Waals surface area contributed by atoms with Gasteiger partial charge in [-0.2, -0.15) is 11.8 Å².